The number of hydrogen-bond acceptors (Lipinski definition) is 5. The van der Waals surface area contributed by atoms with Crippen LogP contribution in [0.25, 0.3) is 11.1 Å². The van der Waals surface area contributed by atoms with Crippen LogP contribution >= 0.6 is 0 Å². The highest BCUT2D eigenvalue weighted by molar-refractivity contribution is 6.63. The number of hydrogen-bond donors (Lipinski definition) is 0. The zero-order valence-electron chi connectivity index (χ0n) is 10.9. The first kappa shape index (κ1) is 11.7. The molecular formula is C12H15BN2O3. The molecule has 1 saturated heterocycles. The molecular weight excluding hydrogens is 231 g/mol. The van der Waals surface area contributed by atoms with E-state index in [4.69, 9.17) is 13.7 Å². The molecule has 0 spiro atoms. The van der Waals surface area contributed by atoms with E-state index >= 15 is 0 Å². The Labute approximate surface area is 106 Å². The first-order valence-electron chi connectivity index (χ1n) is 5.94. The summed E-state index contributed by atoms with van der Waals surface area (Å²) in [5, 5.41) is 0. The van der Waals surface area contributed by atoms with Crippen molar-refractivity contribution in [3.63, 3.8) is 0 Å². The highest BCUT2D eigenvalue weighted by Gasteiger charge is 2.53. The van der Waals surface area contributed by atoms with E-state index in [0.717, 1.165) is 0 Å². The quantitative estimate of drug-likeness (QED) is 0.714. The van der Waals surface area contributed by atoms with Crippen LogP contribution in [0.15, 0.2) is 23.1 Å². The van der Waals surface area contributed by atoms with Crippen molar-refractivity contribution in [3.8, 4) is 0 Å². The highest BCUT2D eigenvalue weighted by atomic mass is 16.7. The van der Waals surface area contributed by atoms with Gasteiger partial charge in [-0.3, -0.25) is 4.98 Å². The van der Waals surface area contributed by atoms with Crippen molar-refractivity contribution in [3.05, 3.63) is 18.7 Å². The minimum absolute atomic E-state index is 0.384. The Morgan fingerprint density at radius 3 is 2.39 bits per heavy atom. The zero-order chi connectivity index (χ0) is 13.0. The summed E-state index contributed by atoms with van der Waals surface area (Å²) in [6.07, 6.45) is 3.08. The fourth-order valence-electron chi connectivity index (χ4n) is 1.94. The average Bonchev–Trinajstić information content (AvgIpc) is 2.81. The van der Waals surface area contributed by atoms with Crippen LogP contribution in [0.4, 0.5) is 0 Å². The Morgan fingerprint density at radius 1 is 1.06 bits per heavy atom. The second kappa shape index (κ2) is 3.55. The standard InChI is InChI=1S/C12H15BN2O3/c1-11(2)12(3,4)18-13(17-11)10-9-8(5-6-14-10)16-7-15-9/h5-7H,1-4H3. The van der Waals surface area contributed by atoms with Crippen molar-refractivity contribution in [2.24, 2.45) is 0 Å². The first-order chi connectivity index (χ1) is 8.41. The van der Waals surface area contributed by atoms with E-state index in [1.165, 1.54) is 6.39 Å². The molecule has 18 heavy (non-hydrogen) atoms. The molecule has 1 aliphatic rings. The Balaban J connectivity index is 2.05. The lowest BCUT2D eigenvalue weighted by atomic mass is 9.83. The van der Waals surface area contributed by atoms with Gasteiger partial charge >= 0.3 is 7.12 Å². The van der Waals surface area contributed by atoms with Crippen LogP contribution in [0, 0.1) is 0 Å². The van der Waals surface area contributed by atoms with Crippen molar-refractivity contribution >= 4 is 23.8 Å². The second-order valence-corrected chi connectivity index (χ2v) is 5.48. The predicted octanol–water partition coefficient (Wildman–Crippen LogP) is 1.52. The van der Waals surface area contributed by atoms with Gasteiger partial charge in [-0.15, -0.1) is 0 Å². The van der Waals surface area contributed by atoms with E-state index in [2.05, 4.69) is 9.97 Å². The van der Waals surface area contributed by atoms with Gasteiger partial charge in [0.05, 0.1) is 11.2 Å². The number of rotatable bonds is 1. The van der Waals surface area contributed by atoms with E-state index in [0.29, 0.717) is 16.7 Å². The summed E-state index contributed by atoms with van der Waals surface area (Å²) in [6.45, 7) is 8.04. The van der Waals surface area contributed by atoms with Gasteiger partial charge in [0.15, 0.2) is 12.0 Å². The van der Waals surface area contributed by atoms with Gasteiger partial charge in [-0.2, -0.15) is 0 Å². The first-order valence-corrected chi connectivity index (χ1v) is 5.94. The third-order valence-corrected chi connectivity index (χ3v) is 3.75. The molecule has 0 N–H and O–H groups in total. The van der Waals surface area contributed by atoms with Gasteiger partial charge in [-0.05, 0) is 27.7 Å². The van der Waals surface area contributed by atoms with E-state index in [1.807, 2.05) is 27.7 Å². The van der Waals surface area contributed by atoms with Crippen molar-refractivity contribution in [2.75, 3.05) is 0 Å². The molecule has 1 fully saturated rings. The Morgan fingerprint density at radius 2 is 1.72 bits per heavy atom. The molecule has 5 nitrogen and oxygen atoms in total. The minimum atomic E-state index is -0.510. The van der Waals surface area contributed by atoms with Crippen LogP contribution in [0.5, 0.6) is 0 Å². The molecule has 0 aromatic carbocycles. The molecule has 6 heteroatoms. The summed E-state index contributed by atoms with van der Waals surface area (Å²) in [5.41, 5.74) is 1.28. The maximum atomic E-state index is 5.96. The maximum Gasteiger partial charge on any atom is 0.516 e. The molecule has 3 rings (SSSR count). The van der Waals surface area contributed by atoms with Gasteiger partial charge in [-0.25, -0.2) is 4.98 Å². The summed E-state index contributed by atoms with van der Waals surface area (Å²) in [4.78, 5) is 8.49. The van der Waals surface area contributed by atoms with E-state index < -0.39 is 7.12 Å². The van der Waals surface area contributed by atoms with Crippen LogP contribution in [0.2, 0.25) is 0 Å². The molecule has 2 aromatic heterocycles. The Bertz CT molecular complexity index is 578. The lowest BCUT2D eigenvalue weighted by Gasteiger charge is -2.32. The normalized spacial score (nSPS) is 21.7. The summed E-state index contributed by atoms with van der Waals surface area (Å²) >= 11 is 0. The number of pyridine rings is 1. The fraction of sp³-hybridized carbons (Fsp3) is 0.500. The van der Waals surface area contributed by atoms with Crippen molar-refractivity contribution < 1.29 is 13.7 Å². The summed E-state index contributed by atoms with van der Waals surface area (Å²) in [5.74, 6) is 0. The lowest BCUT2D eigenvalue weighted by molar-refractivity contribution is 0.00578. The molecule has 0 amide bonds. The van der Waals surface area contributed by atoms with Crippen molar-refractivity contribution in [1.29, 1.82) is 0 Å². The third-order valence-electron chi connectivity index (χ3n) is 3.75. The molecule has 94 valence electrons. The van der Waals surface area contributed by atoms with Crippen LogP contribution in [0.3, 0.4) is 0 Å². The fourth-order valence-corrected chi connectivity index (χ4v) is 1.94. The number of aromatic nitrogens is 2. The van der Waals surface area contributed by atoms with Crippen molar-refractivity contribution in [2.45, 2.75) is 38.9 Å². The Kier molecular flexibility index (Phi) is 2.31. The molecule has 0 aliphatic carbocycles. The van der Waals surface area contributed by atoms with Crippen molar-refractivity contribution in [1.82, 2.24) is 9.97 Å². The van der Waals surface area contributed by atoms with Crippen LogP contribution in [-0.4, -0.2) is 28.3 Å². The topological polar surface area (TPSA) is 57.4 Å². The van der Waals surface area contributed by atoms with Crippen LogP contribution in [-0.2, 0) is 9.31 Å². The van der Waals surface area contributed by atoms with Gasteiger partial charge in [0.2, 0.25) is 0 Å². The Hall–Kier alpha value is -1.40. The summed E-state index contributed by atoms with van der Waals surface area (Å²) in [7, 11) is -0.510. The summed E-state index contributed by atoms with van der Waals surface area (Å²) in [6, 6.07) is 1.77. The van der Waals surface area contributed by atoms with E-state index in [9.17, 15) is 0 Å². The lowest BCUT2D eigenvalue weighted by Crippen LogP contribution is -2.41. The van der Waals surface area contributed by atoms with Gasteiger partial charge in [0.1, 0.15) is 11.1 Å². The van der Waals surface area contributed by atoms with E-state index in [1.54, 1.807) is 12.3 Å². The molecule has 0 saturated carbocycles. The molecule has 0 bridgehead atoms. The average molecular weight is 246 g/mol. The maximum absolute atomic E-state index is 5.96. The SMILES string of the molecule is CC1(C)OB(c2nccc3ocnc23)OC1(C)C. The zero-order valence-corrected chi connectivity index (χ0v) is 10.9. The second-order valence-electron chi connectivity index (χ2n) is 5.48. The molecule has 0 atom stereocenters. The number of nitrogens with zero attached hydrogens (tertiary/aromatic N) is 2. The number of fused-ring (bicyclic) bond motifs is 1. The molecule has 0 radical (unpaired) electrons. The minimum Gasteiger partial charge on any atom is -0.443 e. The molecule has 3 heterocycles. The van der Waals surface area contributed by atoms with Crippen LogP contribution in [0.1, 0.15) is 27.7 Å². The van der Waals surface area contributed by atoms with Gasteiger partial charge < -0.3 is 13.7 Å². The smallest absolute Gasteiger partial charge is 0.443 e. The molecule has 2 aromatic rings. The van der Waals surface area contributed by atoms with Gasteiger partial charge in [-0.1, -0.05) is 0 Å². The highest BCUT2D eigenvalue weighted by Crippen LogP contribution is 2.36. The molecule has 1 aliphatic heterocycles. The van der Waals surface area contributed by atoms with Gasteiger partial charge in [0.25, 0.3) is 0 Å². The third kappa shape index (κ3) is 1.56. The van der Waals surface area contributed by atoms with Gasteiger partial charge in [0, 0.05) is 12.3 Å². The van der Waals surface area contributed by atoms with E-state index in [-0.39, 0.29) is 11.2 Å². The largest absolute Gasteiger partial charge is 0.516 e. The molecule has 0 unspecified atom stereocenters. The monoisotopic (exact) mass is 246 g/mol. The van der Waals surface area contributed by atoms with Crippen LogP contribution < -0.4 is 5.59 Å². The number of oxazole rings is 1. The predicted molar refractivity (Wildman–Crippen MR) is 67.5 cm³/mol. The summed E-state index contributed by atoms with van der Waals surface area (Å²) < 4.78 is 17.2.